The first-order valence-electron chi connectivity index (χ1n) is 5.84. The van der Waals surface area contributed by atoms with Crippen molar-refractivity contribution in [3.05, 3.63) is 23.8 Å². The van der Waals surface area contributed by atoms with E-state index in [1.165, 1.54) is 0 Å². The number of nitrogen functional groups attached to an aromatic ring is 1. The van der Waals surface area contributed by atoms with E-state index in [9.17, 15) is 0 Å². The highest BCUT2D eigenvalue weighted by molar-refractivity contribution is 5.60. The number of nitrogens with two attached hydrogens (primary N) is 1. The van der Waals surface area contributed by atoms with Gasteiger partial charge in [0.15, 0.2) is 0 Å². The Morgan fingerprint density at radius 1 is 1.53 bits per heavy atom. The number of rotatable bonds is 2. The first-order valence-corrected chi connectivity index (χ1v) is 5.84. The maximum absolute atomic E-state index is 9.06. The van der Waals surface area contributed by atoms with Crippen molar-refractivity contribution in [3.63, 3.8) is 0 Å². The van der Waals surface area contributed by atoms with Crippen molar-refractivity contribution in [2.24, 2.45) is 0 Å². The van der Waals surface area contributed by atoms with Crippen molar-refractivity contribution < 1.29 is 4.74 Å². The third-order valence-corrected chi connectivity index (χ3v) is 3.05. The summed E-state index contributed by atoms with van der Waals surface area (Å²) in [6, 6.07) is 7.45. The zero-order valence-electron chi connectivity index (χ0n) is 10.0. The molecule has 4 nitrogen and oxygen atoms in total. The smallest absolute Gasteiger partial charge is 0.139 e. The number of nitrogens with zero attached hydrogens (tertiary/aromatic N) is 2. The normalized spacial score (nSPS) is 20.8. The zero-order chi connectivity index (χ0) is 12.3. The molecule has 0 aromatic heterocycles. The van der Waals surface area contributed by atoms with Crippen molar-refractivity contribution >= 4 is 5.69 Å². The summed E-state index contributed by atoms with van der Waals surface area (Å²) in [4.78, 5) is 2.24. The lowest BCUT2D eigenvalue weighted by Gasteiger charge is -2.30. The summed E-state index contributed by atoms with van der Waals surface area (Å²) in [6.07, 6.45) is 2.32. The van der Waals surface area contributed by atoms with E-state index in [4.69, 9.17) is 15.7 Å². The third-order valence-electron chi connectivity index (χ3n) is 3.05. The van der Waals surface area contributed by atoms with E-state index in [0.717, 1.165) is 25.9 Å². The van der Waals surface area contributed by atoms with Crippen LogP contribution in [0.25, 0.3) is 0 Å². The molecular weight excluding hydrogens is 214 g/mol. The van der Waals surface area contributed by atoms with Gasteiger partial charge in [-0.3, -0.25) is 0 Å². The standard InChI is InChI=1S/C13H17N3O/c1-16-7-3-4-10(9-16)17-13-6-2-5-12(15)11(13)8-14/h2,5-6,10H,3-4,7,9,15H2,1H3/t10-/m1/s1. The van der Waals surface area contributed by atoms with Gasteiger partial charge in [-0.25, -0.2) is 0 Å². The Bertz CT molecular complexity index is 439. The Morgan fingerprint density at radius 3 is 3.06 bits per heavy atom. The number of hydrogen-bond donors (Lipinski definition) is 1. The van der Waals surface area contributed by atoms with Crippen molar-refractivity contribution in [2.45, 2.75) is 18.9 Å². The molecule has 2 N–H and O–H groups in total. The Labute approximate surface area is 102 Å². The summed E-state index contributed by atoms with van der Waals surface area (Å²) in [5.74, 6) is 0.604. The second kappa shape index (κ2) is 5.07. The number of hydrogen-bond acceptors (Lipinski definition) is 4. The molecule has 1 aliphatic rings. The summed E-state index contributed by atoms with van der Waals surface area (Å²) in [5.41, 5.74) is 6.68. The van der Waals surface area contributed by atoms with Crippen molar-refractivity contribution in [1.29, 1.82) is 5.26 Å². The monoisotopic (exact) mass is 231 g/mol. The van der Waals surface area contributed by atoms with Crippen LogP contribution in [0, 0.1) is 11.3 Å². The van der Waals surface area contributed by atoms with Crippen LogP contribution in [0.3, 0.4) is 0 Å². The fourth-order valence-electron chi connectivity index (χ4n) is 2.16. The molecule has 0 unspecified atom stereocenters. The molecule has 1 atom stereocenters. The second-order valence-corrected chi connectivity index (χ2v) is 4.48. The average Bonchev–Trinajstić information content (AvgIpc) is 2.29. The molecule has 1 aliphatic heterocycles. The van der Waals surface area contributed by atoms with Gasteiger partial charge in [0.1, 0.15) is 23.5 Å². The van der Waals surface area contributed by atoms with Crippen LogP contribution < -0.4 is 10.5 Å². The number of anilines is 1. The average molecular weight is 231 g/mol. The second-order valence-electron chi connectivity index (χ2n) is 4.48. The van der Waals surface area contributed by atoms with Gasteiger partial charge in [-0.05, 0) is 38.6 Å². The molecule has 1 aromatic carbocycles. The number of ether oxygens (including phenoxy) is 1. The molecule has 0 amide bonds. The maximum atomic E-state index is 9.06. The maximum Gasteiger partial charge on any atom is 0.139 e. The van der Waals surface area contributed by atoms with Gasteiger partial charge in [0.25, 0.3) is 0 Å². The molecule has 1 aromatic rings. The minimum atomic E-state index is 0.155. The zero-order valence-corrected chi connectivity index (χ0v) is 10.0. The van der Waals surface area contributed by atoms with Gasteiger partial charge in [0.2, 0.25) is 0 Å². The highest BCUT2D eigenvalue weighted by Crippen LogP contribution is 2.26. The first kappa shape index (κ1) is 11.7. The van der Waals surface area contributed by atoms with Crippen LogP contribution in [0.5, 0.6) is 5.75 Å². The summed E-state index contributed by atoms with van der Waals surface area (Å²) in [6.45, 7) is 2.02. The summed E-state index contributed by atoms with van der Waals surface area (Å²) < 4.78 is 5.88. The summed E-state index contributed by atoms with van der Waals surface area (Å²) in [5, 5.41) is 9.06. The topological polar surface area (TPSA) is 62.3 Å². The van der Waals surface area contributed by atoms with Gasteiger partial charge in [0, 0.05) is 6.54 Å². The summed E-state index contributed by atoms with van der Waals surface area (Å²) >= 11 is 0. The predicted molar refractivity (Wildman–Crippen MR) is 66.7 cm³/mol. The lowest BCUT2D eigenvalue weighted by atomic mass is 10.1. The fraction of sp³-hybridized carbons (Fsp3) is 0.462. The van der Waals surface area contributed by atoms with E-state index in [-0.39, 0.29) is 6.10 Å². The van der Waals surface area contributed by atoms with Gasteiger partial charge in [-0.15, -0.1) is 0 Å². The van der Waals surface area contributed by atoms with Gasteiger partial charge in [-0.2, -0.15) is 5.26 Å². The van der Waals surface area contributed by atoms with Gasteiger partial charge < -0.3 is 15.4 Å². The van der Waals surface area contributed by atoms with Gasteiger partial charge in [-0.1, -0.05) is 6.07 Å². The number of likely N-dealkylation sites (tertiary alicyclic amines) is 1. The number of benzene rings is 1. The van der Waals surface area contributed by atoms with E-state index in [0.29, 0.717) is 17.0 Å². The Balaban J connectivity index is 2.13. The lowest BCUT2D eigenvalue weighted by molar-refractivity contribution is 0.104. The Hall–Kier alpha value is -1.73. The van der Waals surface area contributed by atoms with Crippen LogP contribution in [0.2, 0.25) is 0 Å². The van der Waals surface area contributed by atoms with E-state index in [1.807, 2.05) is 12.1 Å². The molecule has 90 valence electrons. The minimum absolute atomic E-state index is 0.155. The van der Waals surface area contributed by atoms with E-state index in [2.05, 4.69) is 18.0 Å². The first-order chi connectivity index (χ1) is 8.20. The predicted octanol–water partition coefficient (Wildman–Crippen LogP) is 1.61. The van der Waals surface area contributed by atoms with Gasteiger partial charge in [0.05, 0.1) is 5.69 Å². The van der Waals surface area contributed by atoms with Crippen LogP contribution in [0.1, 0.15) is 18.4 Å². The lowest BCUT2D eigenvalue weighted by Crippen LogP contribution is -2.38. The molecule has 4 heteroatoms. The van der Waals surface area contributed by atoms with Crippen LogP contribution in [-0.4, -0.2) is 31.1 Å². The van der Waals surface area contributed by atoms with Crippen LogP contribution in [-0.2, 0) is 0 Å². The molecule has 1 heterocycles. The SMILES string of the molecule is CN1CCC[C@@H](Oc2cccc(N)c2C#N)C1. The Kier molecular flexibility index (Phi) is 3.50. The molecule has 1 saturated heterocycles. The molecule has 0 bridgehead atoms. The van der Waals surface area contributed by atoms with E-state index < -0.39 is 0 Å². The third kappa shape index (κ3) is 2.69. The molecule has 17 heavy (non-hydrogen) atoms. The van der Waals surface area contributed by atoms with Crippen molar-refractivity contribution in [3.8, 4) is 11.8 Å². The van der Waals surface area contributed by atoms with E-state index >= 15 is 0 Å². The molecule has 0 aliphatic carbocycles. The minimum Gasteiger partial charge on any atom is -0.488 e. The Morgan fingerprint density at radius 2 is 2.35 bits per heavy atom. The molecule has 2 rings (SSSR count). The highest BCUT2D eigenvalue weighted by atomic mass is 16.5. The van der Waals surface area contributed by atoms with Crippen molar-refractivity contribution in [1.82, 2.24) is 4.90 Å². The highest BCUT2D eigenvalue weighted by Gasteiger charge is 2.20. The van der Waals surface area contributed by atoms with E-state index in [1.54, 1.807) is 6.07 Å². The van der Waals surface area contributed by atoms with Crippen LogP contribution in [0.15, 0.2) is 18.2 Å². The van der Waals surface area contributed by atoms with Crippen LogP contribution in [0.4, 0.5) is 5.69 Å². The molecule has 0 radical (unpaired) electrons. The van der Waals surface area contributed by atoms with Gasteiger partial charge >= 0.3 is 0 Å². The molecule has 0 spiro atoms. The molecular formula is C13H17N3O. The number of nitriles is 1. The number of likely N-dealkylation sites (N-methyl/N-ethyl adjacent to an activating group) is 1. The quantitative estimate of drug-likeness (QED) is 0.785. The van der Waals surface area contributed by atoms with Crippen LogP contribution >= 0.6 is 0 Å². The summed E-state index contributed by atoms with van der Waals surface area (Å²) in [7, 11) is 2.08. The molecule has 0 saturated carbocycles. The fourth-order valence-corrected chi connectivity index (χ4v) is 2.16. The molecule has 1 fully saturated rings. The number of piperidine rings is 1. The largest absolute Gasteiger partial charge is 0.488 e. The van der Waals surface area contributed by atoms with Crippen molar-refractivity contribution in [2.75, 3.05) is 25.9 Å².